The second kappa shape index (κ2) is 7.51. The van der Waals surface area contributed by atoms with E-state index in [9.17, 15) is 5.11 Å². The molecule has 0 saturated heterocycles. The molecule has 0 amide bonds. The van der Waals surface area contributed by atoms with Gasteiger partial charge in [-0.15, -0.1) is 0 Å². The lowest BCUT2D eigenvalue weighted by Gasteiger charge is -2.16. The van der Waals surface area contributed by atoms with Gasteiger partial charge in [0.25, 0.3) is 0 Å². The van der Waals surface area contributed by atoms with Gasteiger partial charge in [-0.05, 0) is 31.4 Å². The predicted octanol–water partition coefficient (Wildman–Crippen LogP) is 3.12. The predicted molar refractivity (Wildman–Crippen MR) is 69.8 cm³/mol. The van der Waals surface area contributed by atoms with Gasteiger partial charge in [0.1, 0.15) is 11.9 Å². The van der Waals surface area contributed by atoms with E-state index in [2.05, 4.69) is 26.1 Å². The van der Waals surface area contributed by atoms with E-state index >= 15 is 0 Å². The lowest BCUT2D eigenvalue weighted by Crippen LogP contribution is -2.30. The Hall–Kier alpha value is -0.800. The normalized spacial score (nSPS) is 15.1. The molecule has 1 rings (SSSR count). The van der Waals surface area contributed by atoms with Gasteiger partial charge in [0, 0.05) is 12.6 Å². The maximum Gasteiger partial charge on any atom is 0.133 e. The third-order valence-electron chi connectivity index (χ3n) is 2.95. The van der Waals surface area contributed by atoms with E-state index in [1.165, 1.54) is 12.8 Å². The van der Waals surface area contributed by atoms with E-state index in [4.69, 9.17) is 4.42 Å². The fourth-order valence-corrected chi connectivity index (χ4v) is 1.83. The highest BCUT2D eigenvalue weighted by Gasteiger charge is 2.11. The van der Waals surface area contributed by atoms with Crippen LogP contribution in [-0.4, -0.2) is 17.7 Å². The fraction of sp³-hybridized carbons (Fsp3) is 0.714. The zero-order valence-electron chi connectivity index (χ0n) is 11.1. The van der Waals surface area contributed by atoms with Crippen LogP contribution in [0.2, 0.25) is 0 Å². The van der Waals surface area contributed by atoms with Crippen molar-refractivity contribution in [3.05, 3.63) is 24.2 Å². The van der Waals surface area contributed by atoms with E-state index in [1.807, 2.05) is 0 Å². The molecule has 1 aromatic rings. The van der Waals surface area contributed by atoms with Crippen LogP contribution in [0.25, 0.3) is 0 Å². The molecule has 3 heteroatoms. The first-order chi connectivity index (χ1) is 8.09. The van der Waals surface area contributed by atoms with Crippen LogP contribution >= 0.6 is 0 Å². The lowest BCUT2D eigenvalue weighted by atomic mass is 10.0. The minimum atomic E-state index is -0.544. The van der Waals surface area contributed by atoms with Crippen molar-refractivity contribution in [2.45, 2.75) is 52.2 Å². The average Bonchev–Trinajstić information content (AvgIpc) is 2.78. The van der Waals surface area contributed by atoms with Crippen molar-refractivity contribution in [1.29, 1.82) is 0 Å². The number of aliphatic hydroxyl groups is 1. The van der Waals surface area contributed by atoms with Crippen molar-refractivity contribution in [2.24, 2.45) is 5.92 Å². The third kappa shape index (κ3) is 5.89. The van der Waals surface area contributed by atoms with Crippen molar-refractivity contribution >= 4 is 0 Å². The first-order valence-electron chi connectivity index (χ1n) is 6.54. The summed E-state index contributed by atoms with van der Waals surface area (Å²) in [6, 6.07) is 4.04. The average molecular weight is 239 g/mol. The quantitative estimate of drug-likeness (QED) is 0.732. The summed E-state index contributed by atoms with van der Waals surface area (Å²) < 4.78 is 5.15. The molecule has 0 aliphatic heterocycles. The maximum absolute atomic E-state index is 9.82. The Balaban J connectivity index is 2.13. The first-order valence-corrected chi connectivity index (χ1v) is 6.54. The second-order valence-electron chi connectivity index (χ2n) is 5.17. The summed E-state index contributed by atoms with van der Waals surface area (Å²) in [6.45, 7) is 7.21. The highest BCUT2D eigenvalue weighted by molar-refractivity contribution is 5.02. The summed E-state index contributed by atoms with van der Waals surface area (Å²) in [5.41, 5.74) is 0. The second-order valence-corrected chi connectivity index (χ2v) is 5.17. The Morgan fingerprint density at radius 3 is 2.65 bits per heavy atom. The Labute approximate surface area is 104 Å². The zero-order chi connectivity index (χ0) is 12.7. The van der Waals surface area contributed by atoms with E-state index in [1.54, 1.807) is 18.4 Å². The molecule has 2 N–H and O–H groups in total. The molecular formula is C14H25NO2. The smallest absolute Gasteiger partial charge is 0.133 e. The van der Waals surface area contributed by atoms with E-state index in [0.29, 0.717) is 18.3 Å². The molecular weight excluding hydrogens is 214 g/mol. The Morgan fingerprint density at radius 2 is 2.06 bits per heavy atom. The number of aliphatic hydroxyl groups excluding tert-OH is 1. The van der Waals surface area contributed by atoms with Crippen LogP contribution in [0.4, 0.5) is 0 Å². The topological polar surface area (TPSA) is 45.4 Å². The van der Waals surface area contributed by atoms with Crippen molar-refractivity contribution in [3.8, 4) is 0 Å². The lowest BCUT2D eigenvalue weighted by molar-refractivity contribution is 0.143. The zero-order valence-corrected chi connectivity index (χ0v) is 11.1. The molecule has 0 saturated carbocycles. The fourth-order valence-electron chi connectivity index (χ4n) is 1.83. The number of furan rings is 1. The molecule has 3 nitrogen and oxygen atoms in total. The molecule has 1 heterocycles. The van der Waals surface area contributed by atoms with Gasteiger partial charge in [-0.2, -0.15) is 0 Å². The molecule has 98 valence electrons. The molecule has 0 spiro atoms. The summed E-state index contributed by atoms with van der Waals surface area (Å²) in [5, 5.41) is 13.2. The highest BCUT2D eigenvalue weighted by Crippen LogP contribution is 2.13. The van der Waals surface area contributed by atoms with Gasteiger partial charge in [0.2, 0.25) is 0 Å². The molecule has 0 fully saturated rings. The molecule has 17 heavy (non-hydrogen) atoms. The first kappa shape index (κ1) is 14.3. The molecule has 0 aromatic carbocycles. The van der Waals surface area contributed by atoms with Crippen LogP contribution in [-0.2, 0) is 0 Å². The van der Waals surface area contributed by atoms with Gasteiger partial charge in [-0.25, -0.2) is 0 Å². The van der Waals surface area contributed by atoms with Crippen LogP contribution < -0.4 is 5.32 Å². The van der Waals surface area contributed by atoms with Gasteiger partial charge >= 0.3 is 0 Å². The SMILES string of the molecule is CC(C)CCCC(C)NCC(O)c1ccco1. The van der Waals surface area contributed by atoms with Crippen LogP contribution in [0.3, 0.4) is 0 Å². The standard InChI is InChI=1S/C14H25NO2/c1-11(2)6-4-7-12(3)15-10-13(16)14-8-5-9-17-14/h5,8-9,11-13,15-16H,4,6-7,10H2,1-3H3. The van der Waals surface area contributed by atoms with Crippen molar-refractivity contribution in [2.75, 3.05) is 6.54 Å². The van der Waals surface area contributed by atoms with Gasteiger partial charge in [-0.1, -0.05) is 26.7 Å². The molecule has 0 bridgehead atoms. The highest BCUT2D eigenvalue weighted by atomic mass is 16.4. The van der Waals surface area contributed by atoms with Gasteiger partial charge in [0.15, 0.2) is 0 Å². The third-order valence-corrected chi connectivity index (χ3v) is 2.95. The number of hydrogen-bond acceptors (Lipinski definition) is 3. The van der Waals surface area contributed by atoms with Crippen LogP contribution in [0.5, 0.6) is 0 Å². The molecule has 2 unspecified atom stereocenters. The molecule has 0 aliphatic rings. The minimum Gasteiger partial charge on any atom is -0.467 e. The number of rotatable bonds is 8. The molecule has 2 atom stereocenters. The summed E-state index contributed by atoms with van der Waals surface area (Å²) in [7, 11) is 0. The van der Waals surface area contributed by atoms with E-state index in [-0.39, 0.29) is 0 Å². The van der Waals surface area contributed by atoms with Crippen molar-refractivity contribution in [1.82, 2.24) is 5.32 Å². The molecule has 1 aromatic heterocycles. The van der Waals surface area contributed by atoms with Crippen LogP contribution in [0, 0.1) is 5.92 Å². The molecule has 0 aliphatic carbocycles. The summed E-state index contributed by atoms with van der Waals surface area (Å²) in [5.74, 6) is 1.41. The summed E-state index contributed by atoms with van der Waals surface area (Å²) in [6.07, 6.45) is 4.71. The van der Waals surface area contributed by atoms with Crippen molar-refractivity contribution < 1.29 is 9.52 Å². The Bertz CT molecular complexity index is 282. The maximum atomic E-state index is 9.82. The summed E-state index contributed by atoms with van der Waals surface area (Å²) in [4.78, 5) is 0. The monoisotopic (exact) mass is 239 g/mol. The Morgan fingerprint density at radius 1 is 1.29 bits per heavy atom. The number of nitrogens with one attached hydrogen (secondary N) is 1. The van der Waals surface area contributed by atoms with E-state index in [0.717, 1.165) is 12.3 Å². The molecule has 0 radical (unpaired) electrons. The minimum absolute atomic E-state index is 0.443. The van der Waals surface area contributed by atoms with Crippen molar-refractivity contribution in [3.63, 3.8) is 0 Å². The van der Waals surface area contributed by atoms with Crippen LogP contribution in [0.15, 0.2) is 22.8 Å². The van der Waals surface area contributed by atoms with Gasteiger partial charge in [-0.3, -0.25) is 0 Å². The largest absolute Gasteiger partial charge is 0.467 e. The van der Waals surface area contributed by atoms with Gasteiger partial charge < -0.3 is 14.8 Å². The Kier molecular flexibility index (Phi) is 6.30. The summed E-state index contributed by atoms with van der Waals surface area (Å²) >= 11 is 0. The van der Waals surface area contributed by atoms with Crippen LogP contribution in [0.1, 0.15) is 51.9 Å². The van der Waals surface area contributed by atoms with Gasteiger partial charge in [0.05, 0.1) is 6.26 Å². The van der Waals surface area contributed by atoms with E-state index < -0.39 is 6.10 Å². The number of hydrogen-bond donors (Lipinski definition) is 2.